The summed E-state index contributed by atoms with van der Waals surface area (Å²) in [6.45, 7) is 5.67. The molecule has 1 saturated heterocycles. The predicted octanol–water partition coefficient (Wildman–Crippen LogP) is 2.35. The number of ether oxygens (including phenoxy) is 1. The molecule has 0 radical (unpaired) electrons. The quantitative estimate of drug-likeness (QED) is 0.776. The third-order valence-corrected chi connectivity index (χ3v) is 6.99. The number of rotatable bonds is 5. The molecule has 2 N–H and O–H groups in total. The van der Waals surface area contributed by atoms with Crippen molar-refractivity contribution in [3.63, 3.8) is 0 Å². The SMILES string of the molecule is CCOC(=O)c1cc2cc(S(=O)(=O)NC3CNCCC3C)ccc2s1. The van der Waals surface area contributed by atoms with Gasteiger partial charge in [-0.05, 0) is 55.5 Å². The fraction of sp³-hybridized carbons (Fsp3) is 0.471. The molecule has 2 unspecified atom stereocenters. The highest BCUT2D eigenvalue weighted by atomic mass is 32.2. The first-order valence-corrected chi connectivity index (χ1v) is 10.6. The summed E-state index contributed by atoms with van der Waals surface area (Å²) in [5.41, 5.74) is 0. The van der Waals surface area contributed by atoms with E-state index in [0.29, 0.717) is 18.0 Å². The number of carbonyl (C=O) groups is 1. The zero-order valence-corrected chi connectivity index (χ0v) is 15.9. The molecule has 136 valence electrons. The van der Waals surface area contributed by atoms with Gasteiger partial charge in [-0.2, -0.15) is 0 Å². The molecule has 0 saturated carbocycles. The van der Waals surface area contributed by atoms with E-state index in [2.05, 4.69) is 17.0 Å². The highest BCUT2D eigenvalue weighted by Gasteiger charge is 2.27. The third-order valence-electron chi connectivity index (χ3n) is 4.41. The Balaban J connectivity index is 1.85. The molecule has 1 aromatic heterocycles. The third kappa shape index (κ3) is 4.03. The largest absolute Gasteiger partial charge is 0.462 e. The lowest BCUT2D eigenvalue weighted by molar-refractivity contribution is 0.0532. The zero-order chi connectivity index (χ0) is 18.0. The molecule has 2 atom stereocenters. The van der Waals surface area contributed by atoms with Crippen LogP contribution >= 0.6 is 11.3 Å². The number of nitrogens with one attached hydrogen (secondary N) is 2. The van der Waals surface area contributed by atoms with E-state index in [1.807, 2.05) is 0 Å². The van der Waals surface area contributed by atoms with Crippen LogP contribution in [0.15, 0.2) is 29.2 Å². The number of hydrogen-bond donors (Lipinski definition) is 2. The summed E-state index contributed by atoms with van der Waals surface area (Å²) in [4.78, 5) is 12.5. The average molecular weight is 383 g/mol. The Kier molecular flexibility index (Phi) is 5.43. The molecular formula is C17H22N2O4S2. The Morgan fingerprint density at radius 3 is 2.92 bits per heavy atom. The second-order valence-electron chi connectivity index (χ2n) is 6.23. The lowest BCUT2D eigenvalue weighted by Gasteiger charge is -2.29. The number of fused-ring (bicyclic) bond motifs is 1. The molecule has 2 aromatic rings. The molecule has 0 bridgehead atoms. The van der Waals surface area contributed by atoms with Gasteiger partial charge in [0, 0.05) is 17.3 Å². The van der Waals surface area contributed by atoms with Crippen LogP contribution in [-0.2, 0) is 14.8 Å². The van der Waals surface area contributed by atoms with Gasteiger partial charge in [-0.25, -0.2) is 17.9 Å². The van der Waals surface area contributed by atoms with E-state index < -0.39 is 10.0 Å². The maximum Gasteiger partial charge on any atom is 0.348 e. The fourth-order valence-corrected chi connectivity index (χ4v) is 5.22. The smallest absolute Gasteiger partial charge is 0.348 e. The minimum Gasteiger partial charge on any atom is -0.462 e. The first kappa shape index (κ1) is 18.3. The van der Waals surface area contributed by atoms with Crippen LogP contribution in [0.2, 0.25) is 0 Å². The van der Waals surface area contributed by atoms with E-state index in [9.17, 15) is 13.2 Å². The van der Waals surface area contributed by atoms with Crippen molar-refractivity contribution in [1.29, 1.82) is 0 Å². The summed E-state index contributed by atoms with van der Waals surface area (Å²) >= 11 is 1.30. The Morgan fingerprint density at radius 1 is 1.40 bits per heavy atom. The van der Waals surface area contributed by atoms with Gasteiger partial charge in [0.2, 0.25) is 10.0 Å². The summed E-state index contributed by atoms with van der Waals surface area (Å²) in [5, 5.41) is 3.95. The molecule has 2 heterocycles. The van der Waals surface area contributed by atoms with Crippen LogP contribution in [0.3, 0.4) is 0 Å². The monoisotopic (exact) mass is 382 g/mol. The molecule has 25 heavy (non-hydrogen) atoms. The second kappa shape index (κ2) is 7.41. The van der Waals surface area contributed by atoms with Crippen LogP contribution < -0.4 is 10.0 Å². The standard InChI is InChI=1S/C17H22N2O4S2/c1-3-23-17(20)16-9-12-8-13(4-5-15(12)24-16)25(21,22)19-14-10-18-7-6-11(14)2/h4-5,8-9,11,14,18-19H,3,6-7,10H2,1-2H3. The van der Waals surface area contributed by atoms with Gasteiger partial charge in [0.05, 0.1) is 11.5 Å². The van der Waals surface area contributed by atoms with Gasteiger partial charge in [0.1, 0.15) is 4.88 Å². The maximum absolute atomic E-state index is 12.7. The molecule has 1 aliphatic rings. The molecule has 0 aliphatic carbocycles. The molecule has 6 nitrogen and oxygen atoms in total. The number of hydrogen-bond acceptors (Lipinski definition) is 6. The molecular weight excluding hydrogens is 360 g/mol. The van der Waals surface area contributed by atoms with Crippen LogP contribution in [0.25, 0.3) is 10.1 Å². The number of carbonyl (C=O) groups excluding carboxylic acids is 1. The number of benzene rings is 1. The lowest BCUT2D eigenvalue weighted by atomic mass is 9.96. The van der Waals surface area contributed by atoms with Crippen molar-refractivity contribution >= 4 is 37.4 Å². The second-order valence-corrected chi connectivity index (χ2v) is 9.03. The zero-order valence-electron chi connectivity index (χ0n) is 14.2. The van der Waals surface area contributed by atoms with Gasteiger partial charge in [-0.15, -0.1) is 11.3 Å². The van der Waals surface area contributed by atoms with Gasteiger partial charge in [-0.1, -0.05) is 6.92 Å². The molecule has 3 rings (SSSR count). The first-order valence-electron chi connectivity index (χ1n) is 8.34. The summed E-state index contributed by atoms with van der Waals surface area (Å²) in [7, 11) is -3.61. The van der Waals surface area contributed by atoms with Crippen LogP contribution in [-0.4, -0.2) is 40.1 Å². The van der Waals surface area contributed by atoms with E-state index in [4.69, 9.17) is 4.74 Å². The van der Waals surface area contributed by atoms with E-state index in [1.165, 1.54) is 11.3 Å². The fourth-order valence-electron chi connectivity index (χ4n) is 2.91. The van der Waals surface area contributed by atoms with Gasteiger partial charge < -0.3 is 10.1 Å². The van der Waals surface area contributed by atoms with Crippen LogP contribution in [0.5, 0.6) is 0 Å². The van der Waals surface area contributed by atoms with Crippen LogP contribution in [0.1, 0.15) is 29.9 Å². The van der Waals surface area contributed by atoms with Gasteiger partial charge >= 0.3 is 5.97 Å². The number of piperidine rings is 1. The summed E-state index contributed by atoms with van der Waals surface area (Å²) < 4.78 is 34.1. The molecule has 1 aromatic carbocycles. The minimum absolute atomic E-state index is 0.119. The van der Waals surface area contributed by atoms with Crippen molar-refractivity contribution in [2.24, 2.45) is 5.92 Å². The van der Waals surface area contributed by atoms with Crippen molar-refractivity contribution in [3.05, 3.63) is 29.1 Å². The van der Waals surface area contributed by atoms with Crippen molar-refractivity contribution < 1.29 is 17.9 Å². The Hall–Kier alpha value is -1.48. The lowest BCUT2D eigenvalue weighted by Crippen LogP contribution is -2.50. The van der Waals surface area contributed by atoms with E-state index in [-0.39, 0.29) is 22.8 Å². The number of esters is 1. The highest BCUT2D eigenvalue weighted by Crippen LogP contribution is 2.28. The molecule has 1 fully saturated rings. The summed E-state index contributed by atoms with van der Waals surface area (Å²) in [6, 6.07) is 6.49. The van der Waals surface area contributed by atoms with Gasteiger partial charge in [0.25, 0.3) is 0 Å². The van der Waals surface area contributed by atoms with Gasteiger partial charge in [0.15, 0.2) is 0 Å². The highest BCUT2D eigenvalue weighted by molar-refractivity contribution is 7.89. The molecule has 0 spiro atoms. The van der Waals surface area contributed by atoms with Crippen molar-refractivity contribution in [2.75, 3.05) is 19.7 Å². The van der Waals surface area contributed by atoms with Crippen molar-refractivity contribution in [2.45, 2.75) is 31.2 Å². The van der Waals surface area contributed by atoms with Gasteiger partial charge in [-0.3, -0.25) is 0 Å². The Bertz CT molecular complexity index is 876. The van der Waals surface area contributed by atoms with Crippen molar-refractivity contribution in [1.82, 2.24) is 10.0 Å². The van der Waals surface area contributed by atoms with Crippen LogP contribution in [0, 0.1) is 5.92 Å². The van der Waals surface area contributed by atoms with E-state index in [0.717, 1.165) is 23.1 Å². The van der Waals surface area contributed by atoms with E-state index in [1.54, 1.807) is 31.2 Å². The Labute approximate surface area is 151 Å². The Morgan fingerprint density at radius 2 is 2.20 bits per heavy atom. The number of sulfonamides is 1. The normalized spacial score (nSPS) is 21.4. The predicted molar refractivity (Wildman–Crippen MR) is 98.5 cm³/mol. The average Bonchev–Trinajstić information content (AvgIpc) is 3.00. The molecule has 0 amide bonds. The summed E-state index contributed by atoms with van der Waals surface area (Å²) in [6.07, 6.45) is 0.944. The van der Waals surface area contributed by atoms with E-state index >= 15 is 0 Å². The topological polar surface area (TPSA) is 84.5 Å². The maximum atomic E-state index is 12.7. The minimum atomic E-state index is -3.61. The molecule has 8 heteroatoms. The molecule has 1 aliphatic heterocycles. The number of thiophene rings is 1. The van der Waals surface area contributed by atoms with Crippen LogP contribution in [0.4, 0.5) is 0 Å². The van der Waals surface area contributed by atoms with Crippen molar-refractivity contribution in [3.8, 4) is 0 Å². The first-order chi connectivity index (χ1) is 11.9. The summed E-state index contributed by atoms with van der Waals surface area (Å²) in [5.74, 6) is -0.0929.